The van der Waals surface area contributed by atoms with Crippen LogP contribution in [0.5, 0.6) is 0 Å². The Morgan fingerprint density at radius 2 is 2.47 bits per heavy atom. The molecular formula is C9H12N5S. The van der Waals surface area contributed by atoms with Crippen LogP contribution < -0.4 is 10.0 Å². The molecule has 0 aromatic heterocycles. The zero-order valence-corrected chi connectivity index (χ0v) is 9.00. The molecule has 1 fully saturated rings. The molecule has 6 heteroatoms. The normalized spacial score (nSPS) is 24.5. The van der Waals surface area contributed by atoms with Crippen LogP contribution in [0.15, 0.2) is 28.9 Å². The molecule has 3 aliphatic rings. The minimum absolute atomic E-state index is 1.05. The first-order chi connectivity index (χ1) is 7.45. The van der Waals surface area contributed by atoms with E-state index in [-0.39, 0.29) is 0 Å². The van der Waals surface area contributed by atoms with E-state index in [0.29, 0.717) is 0 Å². The van der Waals surface area contributed by atoms with Gasteiger partial charge in [-0.3, -0.25) is 19.3 Å². The van der Waals surface area contributed by atoms with Crippen molar-refractivity contribution in [1.29, 1.82) is 0 Å². The molecule has 0 atom stereocenters. The molecule has 2 N–H and O–H groups in total. The van der Waals surface area contributed by atoms with Crippen molar-refractivity contribution < 1.29 is 0 Å². The van der Waals surface area contributed by atoms with Crippen LogP contribution in [0.1, 0.15) is 6.42 Å². The summed E-state index contributed by atoms with van der Waals surface area (Å²) in [5.74, 6) is 1.11. The Balaban J connectivity index is 1.85. The van der Waals surface area contributed by atoms with E-state index >= 15 is 0 Å². The van der Waals surface area contributed by atoms with Crippen LogP contribution in [0.3, 0.4) is 0 Å². The molecule has 3 rings (SSSR count). The maximum atomic E-state index is 4.15. The van der Waals surface area contributed by atoms with Gasteiger partial charge in [0.15, 0.2) is 0 Å². The van der Waals surface area contributed by atoms with Crippen LogP contribution in [0.25, 0.3) is 0 Å². The highest BCUT2D eigenvalue weighted by Gasteiger charge is 2.27. The second-order valence-electron chi connectivity index (χ2n) is 3.46. The highest BCUT2D eigenvalue weighted by atomic mass is 32.2. The molecule has 0 aromatic rings. The zero-order chi connectivity index (χ0) is 10.1. The molecule has 3 heterocycles. The summed E-state index contributed by atoms with van der Waals surface area (Å²) in [5, 5.41) is 3.24. The van der Waals surface area contributed by atoms with Crippen molar-refractivity contribution in [3.8, 4) is 0 Å². The van der Waals surface area contributed by atoms with Gasteiger partial charge in [0.25, 0.3) is 0 Å². The van der Waals surface area contributed by atoms with Gasteiger partial charge in [0.05, 0.1) is 18.3 Å². The van der Waals surface area contributed by atoms with Gasteiger partial charge in [-0.2, -0.15) is 0 Å². The number of hydrogen-bond donors (Lipinski definition) is 2. The van der Waals surface area contributed by atoms with Crippen LogP contribution in [0.2, 0.25) is 0 Å². The predicted octanol–water partition coefficient (Wildman–Crippen LogP) is 0.594. The summed E-state index contributed by atoms with van der Waals surface area (Å²) in [4.78, 5) is 6.34. The second-order valence-corrected chi connectivity index (χ2v) is 4.24. The summed E-state index contributed by atoms with van der Waals surface area (Å²) in [6, 6.07) is 0. The van der Waals surface area contributed by atoms with Crippen LogP contribution in [0, 0.1) is 6.67 Å². The lowest BCUT2D eigenvalue weighted by molar-refractivity contribution is 0.322. The smallest absolute Gasteiger partial charge is 0.141 e. The summed E-state index contributed by atoms with van der Waals surface area (Å²) in [5.41, 5.74) is 1.11. The Hall–Kier alpha value is -1.14. The second kappa shape index (κ2) is 3.79. The Morgan fingerprint density at radius 1 is 1.47 bits per heavy atom. The summed E-state index contributed by atoms with van der Waals surface area (Å²) in [6.07, 6.45) is 6.79. The van der Waals surface area contributed by atoms with Crippen molar-refractivity contribution >= 4 is 18.3 Å². The van der Waals surface area contributed by atoms with Crippen molar-refractivity contribution in [2.45, 2.75) is 6.42 Å². The van der Waals surface area contributed by atoms with Gasteiger partial charge in [0.2, 0.25) is 0 Å². The average molecular weight is 222 g/mol. The van der Waals surface area contributed by atoms with Crippen molar-refractivity contribution in [1.82, 2.24) is 19.2 Å². The lowest BCUT2D eigenvalue weighted by Crippen LogP contribution is -2.38. The summed E-state index contributed by atoms with van der Waals surface area (Å²) >= 11 is 1.57. The number of rotatable bonds is 1. The Bertz CT molecular complexity index is 342. The van der Waals surface area contributed by atoms with Gasteiger partial charge < -0.3 is 4.90 Å². The molecule has 15 heavy (non-hydrogen) atoms. The standard InChI is InChI=1S/C9H12N5S/c1-2-11-7-13(4-1)9-8-6-10-3-5-14(8)15-12-9/h3,5-7,11-12H,1-2,4H2. The molecule has 0 spiro atoms. The molecular weight excluding hydrogens is 210 g/mol. The van der Waals surface area contributed by atoms with Gasteiger partial charge >= 0.3 is 0 Å². The summed E-state index contributed by atoms with van der Waals surface area (Å²) < 4.78 is 5.38. The van der Waals surface area contributed by atoms with Crippen LogP contribution >= 0.6 is 12.1 Å². The van der Waals surface area contributed by atoms with Gasteiger partial charge in [-0.05, 0) is 13.0 Å². The predicted molar refractivity (Wildman–Crippen MR) is 60.8 cm³/mol. The molecule has 0 bridgehead atoms. The number of aliphatic imine (C=N–C) groups is 1. The number of nitrogens with one attached hydrogen (secondary N) is 2. The molecule has 0 saturated carbocycles. The van der Waals surface area contributed by atoms with Crippen molar-refractivity contribution in [3.63, 3.8) is 0 Å². The van der Waals surface area contributed by atoms with Gasteiger partial charge in [-0.1, -0.05) is 0 Å². The third kappa shape index (κ3) is 1.59. The van der Waals surface area contributed by atoms with Gasteiger partial charge in [-0.25, -0.2) is 0 Å². The highest BCUT2D eigenvalue weighted by Crippen LogP contribution is 2.29. The molecule has 5 nitrogen and oxygen atoms in total. The molecule has 0 unspecified atom stereocenters. The first kappa shape index (κ1) is 9.11. The first-order valence-electron chi connectivity index (χ1n) is 4.95. The number of allylic oxidation sites excluding steroid dienone is 1. The highest BCUT2D eigenvalue weighted by molar-refractivity contribution is 7.95. The Morgan fingerprint density at radius 3 is 3.33 bits per heavy atom. The van der Waals surface area contributed by atoms with Gasteiger partial charge in [-0.15, -0.1) is 0 Å². The zero-order valence-electron chi connectivity index (χ0n) is 8.18. The fourth-order valence-electron chi connectivity index (χ4n) is 1.71. The molecule has 0 aliphatic carbocycles. The Labute approximate surface area is 93.2 Å². The van der Waals surface area contributed by atoms with E-state index < -0.39 is 0 Å². The van der Waals surface area contributed by atoms with Crippen molar-refractivity contribution in [2.75, 3.05) is 13.1 Å². The largest absolute Gasteiger partial charge is 0.337 e. The first-order valence-corrected chi connectivity index (χ1v) is 5.72. The third-order valence-corrected chi connectivity index (χ3v) is 3.26. The topological polar surface area (TPSA) is 42.9 Å². The van der Waals surface area contributed by atoms with Crippen molar-refractivity contribution in [2.24, 2.45) is 4.99 Å². The Kier molecular flexibility index (Phi) is 2.30. The van der Waals surface area contributed by atoms with E-state index in [1.165, 1.54) is 0 Å². The monoisotopic (exact) mass is 222 g/mol. The molecule has 3 aliphatic heterocycles. The molecule has 79 valence electrons. The number of hydrogen-bond acceptors (Lipinski definition) is 6. The van der Waals surface area contributed by atoms with E-state index in [1.807, 2.05) is 19.1 Å². The van der Waals surface area contributed by atoms with Crippen LogP contribution in [0.4, 0.5) is 0 Å². The van der Waals surface area contributed by atoms with E-state index in [9.17, 15) is 0 Å². The molecule has 1 radical (unpaired) electrons. The van der Waals surface area contributed by atoms with E-state index in [0.717, 1.165) is 31.0 Å². The third-order valence-electron chi connectivity index (χ3n) is 2.46. The van der Waals surface area contributed by atoms with E-state index in [4.69, 9.17) is 0 Å². The quantitative estimate of drug-likeness (QED) is 0.636. The van der Waals surface area contributed by atoms with Gasteiger partial charge in [0.1, 0.15) is 18.2 Å². The maximum Gasteiger partial charge on any atom is 0.141 e. The van der Waals surface area contributed by atoms with Crippen LogP contribution in [-0.2, 0) is 0 Å². The minimum atomic E-state index is 1.05. The number of nitrogens with zero attached hydrogens (tertiary/aromatic N) is 3. The molecule has 1 saturated heterocycles. The summed E-state index contributed by atoms with van der Waals surface area (Å²) in [6.45, 7) is 4.13. The fourth-order valence-corrected chi connectivity index (χ4v) is 2.47. The van der Waals surface area contributed by atoms with Crippen molar-refractivity contribution in [3.05, 3.63) is 30.6 Å². The minimum Gasteiger partial charge on any atom is -0.337 e. The SMILES string of the molecule is [CH]1NCCCN1C1=C2C=NC=CN2SN1. The average Bonchev–Trinajstić information content (AvgIpc) is 2.74. The van der Waals surface area contributed by atoms with E-state index in [2.05, 4.69) is 24.2 Å². The maximum absolute atomic E-state index is 4.15. The number of fused-ring (bicyclic) bond motifs is 1. The lowest BCUT2D eigenvalue weighted by atomic mass is 10.3. The van der Waals surface area contributed by atoms with Gasteiger partial charge in [0, 0.05) is 18.9 Å². The fraction of sp³-hybridized carbons (Fsp3) is 0.333. The molecule has 0 aromatic carbocycles. The molecule has 0 amide bonds. The summed E-state index contributed by atoms with van der Waals surface area (Å²) in [7, 11) is 0. The lowest BCUT2D eigenvalue weighted by Gasteiger charge is -2.29. The van der Waals surface area contributed by atoms with E-state index in [1.54, 1.807) is 18.3 Å². The van der Waals surface area contributed by atoms with Crippen LogP contribution in [-0.4, -0.2) is 28.5 Å².